The smallest absolute Gasteiger partial charge is 0.252 e. The molecule has 0 saturated heterocycles. The maximum absolute atomic E-state index is 10.1. The van der Waals surface area contributed by atoms with Gasteiger partial charge in [0, 0.05) is 67.2 Å². The van der Waals surface area contributed by atoms with E-state index in [-0.39, 0.29) is 50.1 Å². The maximum Gasteiger partial charge on any atom is 0.252 e. The lowest BCUT2D eigenvalue weighted by Gasteiger charge is -2.47. The molecule has 17 aromatic carbocycles. The minimum Gasteiger partial charge on any atom is -0.310 e. The highest BCUT2D eigenvalue weighted by molar-refractivity contribution is 7.00. The van der Waals surface area contributed by atoms with E-state index in [0.717, 1.165) is 162 Å². The molecule has 0 fully saturated rings. The van der Waals surface area contributed by atoms with Crippen molar-refractivity contribution in [2.75, 3.05) is 14.7 Å². The summed E-state index contributed by atoms with van der Waals surface area (Å²) in [6, 6.07) is 124. The number of fused-ring (bicyclic) bond motifs is 9. The quantitative estimate of drug-likeness (QED) is 0.113. The first-order valence-electron chi connectivity index (χ1n) is 47.4. The molecule has 0 radical (unpaired) electrons. The highest BCUT2D eigenvalue weighted by Crippen LogP contribution is 2.61. The van der Waals surface area contributed by atoms with Crippen molar-refractivity contribution in [3.8, 4) is 72.4 Å². The van der Waals surface area contributed by atoms with Gasteiger partial charge in [-0.25, -0.2) is 0 Å². The van der Waals surface area contributed by atoms with Crippen LogP contribution in [-0.4, -0.2) is 11.3 Å². The van der Waals surface area contributed by atoms with Crippen LogP contribution < -0.4 is 31.1 Å². The molecule has 3 aliphatic heterocycles. The van der Waals surface area contributed by atoms with Gasteiger partial charge in [-0.15, -0.1) is 0 Å². The van der Waals surface area contributed by atoms with Crippen LogP contribution in [0.4, 0.5) is 51.2 Å². The van der Waals surface area contributed by atoms with Crippen LogP contribution in [0.15, 0.2) is 394 Å². The highest BCUT2D eigenvalue weighted by atomic mass is 15.2. The van der Waals surface area contributed by atoms with Crippen molar-refractivity contribution in [1.29, 1.82) is 0 Å². The van der Waals surface area contributed by atoms with Gasteiger partial charge in [0.25, 0.3) is 6.71 Å². The van der Waals surface area contributed by atoms with Crippen LogP contribution in [0.1, 0.15) is 139 Å². The normalized spacial score (nSPS) is 14.4. The first-order chi connectivity index (χ1) is 63.4. The zero-order valence-electron chi connectivity index (χ0n) is 80.3. The van der Waals surface area contributed by atoms with Crippen molar-refractivity contribution in [2.24, 2.45) is 0 Å². The molecule has 0 atom stereocenters. The molecule has 0 saturated carbocycles. The molecule has 5 heteroatoms. The van der Waals surface area contributed by atoms with Gasteiger partial charge in [-0.1, -0.05) is 380 Å². The van der Waals surface area contributed by atoms with Gasteiger partial charge < -0.3 is 19.3 Å². The Labute approximate surface area is 743 Å². The molecular weight excluding hydrogens is 1500 g/mol. The van der Waals surface area contributed by atoms with Crippen molar-refractivity contribution >= 4 is 96.1 Å². The third-order valence-corrected chi connectivity index (χ3v) is 26.0. The first-order valence-corrected chi connectivity index (χ1v) is 43.4. The third kappa shape index (κ3) is 12.9. The van der Waals surface area contributed by atoms with Gasteiger partial charge in [-0.05, 0) is 224 Å². The van der Waals surface area contributed by atoms with Crippen molar-refractivity contribution in [2.45, 2.75) is 110 Å². The minimum atomic E-state index is -0.921. The fourth-order valence-corrected chi connectivity index (χ4v) is 19.7. The van der Waals surface area contributed by atoms with E-state index < -0.39 is 53.8 Å². The van der Waals surface area contributed by atoms with E-state index in [9.17, 15) is 11.0 Å². The fourth-order valence-electron chi connectivity index (χ4n) is 19.7. The lowest BCUT2D eigenvalue weighted by molar-refractivity contribution is 0.569. The summed E-state index contributed by atoms with van der Waals surface area (Å²) in [6.07, 6.45) is 0. The molecule has 0 unspecified atom stereocenters. The second kappa shape index (κ2) is 29.7. The van der Waals surface area contributed by atoms with Gasteiger partial charge in [0.2, 0.25) is 0 Å². The lowest BCUT2D eigenvalue weighted by atomic mass is 9.33. The van der Waals surface area contributed by atoms with Crippen LogP contribution in [0.2, 0.25) is 0 Å². The van der Waals surface area contributed by atoms with Crippen LogP contribution in [0.25, 0.3) is 94.3 Å². The summed E-state index contributed by atoms with van der Waals surface area (Å²) in [5.74, 6) is 0. The minimum absolute atomic E-state index is 0.00304. The first kappa shape index (κ1) is 68.6. The SMILES string of the molecule is [2H]c1c([2H])c([2H])c2c(c1[2H])c1c([2H])c([2H])c([2H])c([2H])c1n2-c1ccc2c(c1)N(c1c(-c3ccccc3)cc(C(C)(C)C)cc1-c1ccccc1)c1cc(-c3ccc4c(c3)C(c3ccccc3)(c3ccccc3)c3ccccc3N4c3ccccc3)cc3c1B2c1ccc(-c2cc(C(C)(C)C)cc(C(C)(C)C)c2)cc1N3c1c(-c2ccccc2)cc(C(C)(C)C)cc1-c1ccccc1. The van der Waals surface area contributed by atoms with Crippen LogP contribution >= 0.6 is 0 Å². The summed E-state index contributed by atoms with van der Waals surface area (Å²) in [5, 5.41) is -0.00608. The van der Waals surface area contributed by atoms with E-state index in [2.05, 4.69) is 438 Å². The molecule has 600 valence electrons. The van der Waals surface area contributed by atoms with E-state index in [1.54, 1.807) is 4.57 Å². The summed E-state index contributed by atoms with van der Waals surface area (Å²) in [6.45, 7) is 27.0. The average Bonchev–Trinajstić information content (AvgIpc) is 0.737. The average molecular weight is 1610 g/mol. The summed E-state index contributed by atoms with van der Waals surface area (Å²) < 4.78 is 79.2. The Balaban J connectivity index is 0.996. The Morgan fingerprint density at radius 3 is 1.06 bits per heavy atom. The molecule has 0 N–H and O–H groups in total. The van der Waals surface area contributed by atoms with Crippen molar-refractivity contribution in [1.82, 2.24) is 4.57 Å². The number of hydrogen-bond donors (Lipinski definition) is 0. The van der Waals surface area contributed by atoms with Gasteiger partial charge in [0.1, 0.15) is 0 Å². The van der Waals surface area contributed by atoms with Crippen LogP contribution in [0.5, 0.6) is 0 Å². The number of para-hydroxylation sites is 4. The summed E-state index contributed by atoms with van der Waals surface area (Å²) in [7, 11) is 0. The molecule has 4 nitrogen and oxygen atoms in total. The van der Waals surface area contributed by atoms with Crippen molar-refractivity contribution < 1.29 is 11.0 Å². The fraction of sp³-hybridized carbons (Fsp3) is 0.143. The number of nitrogens with zero attached hydrogens (tertiary/aromatic N) is 4. The van der Waals surface area contributed by atoms with Gasteiger partial charge in [0.15, 0.2) is 0 Å². The number of rotatable bonds is 12. The number of hydrogen-bond acceptors (Lipinski definition) is 3. The summed E-state index contributed by atoms with van der Waals surface area (Å²) >= 11 is 0. The predicted molar refractivity (Wildman–Crippen MR) is 529 cm³/mol. The van der Waals surface area contributed by atoms with E-state index in [1.165, 1.54) is 16.7 Å². The zero-order valence-corrected chi connectivity index (χ0v) is 72.3. The molecule has 124 heavy (non-hydrogen) atoms. The number of benzene rings is 17. The van der Waals surface area contributed by atoms with Crippen LogP contribution in [0, 0.1) is 0 Å². The molecular formula is C119H101BN4. The molecule has 3 aliphatic rings. The van der Waals surface area contributed by atoms with Gasteiger partial charge >= 0.3 is 0 Å². The molecule has 21 rings (SSSR count). The molecule has 4 heterocycles. The Kier molecular flexibility index (Phi) is 16.4. The predicted octanol–water partition coefficient (Wildman–Crippen LogP) is 30.2. The molecule has 0 aliphatic carbocycles. The summed E-state index contributed by atoms with van der Waals surface area (Å²) in [4.78, 5) is 7.59. The Bertz CT molecular complexity index is 7440. The Morgan fingerprint density at radius 1 is 0.258 bits per heavy atom. The van der Waals surface area contributed by atoms with E-state index in [0.29, 0.717) is 5.69 Å². The lowest BCUT2D eigenvalue weighted by Crippen LogP contribution is -2.61. The second-order valence-corrected chi connectivity index (χ2v) is 37.8. The van der Waals surface area contributed by atoms with Crippen molar-refractivity contribution in [3.63, 3.8) is 0 Å². The van der Waals surface area contributed by atoms with E-state index >= 15 is 0 Å². The summed E-state index contributed by atoms with van der Waals surface area (Å²) in [5.41, 5.74) is 30.9. The Morgan fingerprint density at radius 2 is 0.613 bits per heavy atom. The van der Waals surface area contributed by atoms with Gasteiger partial charge in [-0.3, -0.25) is 0 Å². The molecule has 0 bridgehead atoms. The Hall–Kier alpha value is -14.0. The molecule has 0 spiro atoms. The third-order valence-electron chi connectivity index (χ3n) is 26.0. The molecule has 0 amide bonds. The number of aromatic nitrogens is 1. The van der Waals surface area contributed by atoms with Crippen LogP contribution in [0.3, 0.4) is 0 Å². The van der Waals surface area contributed by atoms with E-state index in [1.807, 2.05) is 6.07 Å². The maximum atomic E-state index is 10.1. The van der Waals surface area contributed by atoms with E-state index in [4.69, 9.17) is 0 Å². The number of anilines is 9. The molecule has 18 aromatic rings. The topological polar surface area (TPSA) is 14.7 Å². The highest BCUT2D eigenvalue weighted by Gasteiger charge is 2.49. The largest absolute Gasteiger partial charge is 0.310 e. The zero-order chi connectivity index (χ0) is 91.7. The van der Waals surface area contributed by atoms with Gasteiger partial charge in [0.05, 0.1) is 50.2 Å². The second-order valence-electron chi connectivity index (χ2n) is 37.8. The molecule has 1 aromatic heterocycles. The monoisotopic (exact) mass is 1600 g/mol. The standard InChI is InChI=1S/C119H101BN4/c1-115(2,3)88-66-84(67-89(72-88)116(4,5)6)83-60-63-102-108(69-83)123(113-96(78-40-20-13-21-41-78)73-90(117(7,8)9)74-97(113)79-42-22-14-23-43-79)110-70-85(82-61-65-107-101(68-82)119(86-48-28-17-29-49-86,87-50-30-18-31-51-87)100-56-36-39-59-106(100)121(107)92-52-32-19-33-53-92)71-111-112(110)120(102)103-64-62-93(122-104-57-37-34-54-94(104)95-55-35-38-58-105(95)122)77-109(103)124(111)114-98(80-44-24-15-25-45-80)75-91(118(10,11)12)76-99(114)81-46-26-16-27-47-81/h13-77H,1-12H3/i34D,35D,37D,38D,54D,55D,57D,58D. The van der Waals surface area contributed by atoms with Crippen molar-refractivity contribution in [3.05, 3.63) is 439 Å². The van der Waals surface area contributed by atoms with Crippen LogP contribution in [-0.2, 0) is 27.1 Å². The van der Waals surface area contributed by atoms with Gasteiger partial charge in [-0.2, -0.15) is 0 Å².